The second kappa shape index (κ2) is 5.42. The lowest BCUT2D eigenvalue weighted by atomic mass is 9.84. The van der Waals surface area contributed by atoms with Gasteiger partial charge < -0.3 is 14.8 Å². The van der Waals surface area contributed by atoms with E-state index in [9.17, 15) is 9.90 Å². The highest BCUT2D eigenvalue weighted by molar-refractivity contribution is 7.10. The van der Waals surface area contributed by atoms with E-state index in [1.54, 1.807) is 6.07 Å². The molecule has 1 amide bonds. The van der Waals surface area contributed by atoms with Crippen molar-refractivity contribution >= 4 is 17.2 Å². The van der Waals surface area contributed by atoms with Gasteiger partial charge in [0, 0.05) is 16.4 Å². The van der Waals surface area contributed by atoms with Crippen molar-refractivity contribution in [1.29, 1.82) is 0 Å². The fourth-order valence-electron chi connectivity index (χ4n) is 2.37. The van der Waals surface area contributed by atoms with Crippen LogP contribution in [0.2, 0.25) is 0 Å². The number of rotatable bonds is 5. The van der Waals surface area contributed by atoms with Crippen LogP contribution in [0.15, 0.2) is 40.5 Å². The average Bonchev–Trinajstić information content (AvgIpc) is 3.05. The van der Waals surface area contributed by atoms with Crippen molar-refractivity contribution in [3.63, 3.8) is 0 Å². The van der Waals surface area contributed by atoms with E-state index in [-0.39, 0.29) is 18.4 Å². The first kappa shape index (κ1) is 13.4. The third-order valence-electron chi connectivity index (χ3n) is 3.92. The maximum Gasteiger partial charge on any atom is 0.223 e. The van der Waals surface area contributed by atoms with E-state index in [1.165, 1.54) is 23.9 Å². The van der Waals surface area contributed by atoms with E-state index in [4.69, 9.17) is 4.42 Å². The lowest BCUT2D eigenvalue weighted by Crippen LogP contribution is -2.44. The highest BCUT2D eigenvalue weighted by Gasteiger charge is 2.35. The van der Waals surface area contributed by atoms with Gasteiger partial charge in [0.05, 0.1) is 19.1 Å². The Bertz CT molecular complexity index is 524. The summed E-state index contributed by atoms with van der Waals surface area (Å²) < 4.78 is 5.08. The number of aliphatic hydroxyl groups is 1. The molecule has 2 N–H and O–H groups in total. The molecule has 20 heavy (non-hydrogen) atoms. The van der Waals surface area contributed by atoms with Crippen LogP contribution >= 0.6 is 11.3 Å². The lowest BCUT2D eigenvalue weighted by molar-refractivity contribution is -0.128. The third kappa shape index (κ3) is 2.39. The van der Waals surface area contributed by atoms with Crippen molar-refractivity contribution in [3.8, 4) is 0 Å². The number of furan rings is 1. The molecule has 1 aliphatic carbocycles. The van der Waals surface area contributed by atoms with E-state index in [0.29, 0.717) is 5.56 Å². The van der Waals surface area contributed by atoms with Crippen LogP contribution in [0.3, 0.4) is 0 Å². The van der Waals surface area contributed by atoms with E-state index in [1.807, 2.05) is 17.5 Å². The molecule has 4 nitrogen and oxygen atoms in total. The van der Waals surface area contributed by atoms with Crippen LogP contribution < -0.4 is 5.32 Å². The Morgan fingerprint density at radius 1 is 1.50 bits per heavy atom. The standard InChI is InChI=1S/C15H17NO3S/c17-14(11-3-1-4-11)16-10-15(18,12-6-7-19-9-12)13-5-2-8-20-13/h2,5-9,11,18H,1,3-4,10H2,(H,16,17)/t15-/m0/s1. The van der Waals surface area contributed by atoms with Crippen molar-refractivity contribution < 1.29 is 14.3 Å². The monoisotopic (exact) mass is 291 g/mol. The van der Waals surface area contributed by atoms with Crippen LogP contribution in [-0.4, -0.2) is 17.6 Å². The zero-order chi connectivity index (χ0) is 14.0. The molecular formula is C15H17NO3S. The SMILES string of the molecule is O=C(NC[C@](O)(c1ccoc1)c1cccs1)C1CCC1. The van der Waals surface area contributed by atoms with Crippen LogP contribution in [0.1, 0.15) is 29.7 Å². The third-order valence-corrected chi connectivity index (χ3v) is 4.94. The Morgan fingerprint density at radius 2 is 2.35 bits per heavy atom. The molecule has 3 rings (SSSR count). The van der Waals surface area contributed by atoms with E-state index in [2.05, 4.69) is 5.32 Å². The maximum atomic E-state index is 12.0. The molecule has 0 aromatic carbocycles. The van der Waals surface area contributed by atoms with Crippen molar-refractivity contribution in [3.05, 3.63) is 46.5 Å². The van der Waals surface area contributed by atoms with Gasteiger partial charge >= 0.3 is 0 Å². The van der Waals surface area contributed by atoms with Gasteiger partial charge in [-0.25, -0.2) is 0 Å². The Morgan fingerprint density at radius 3 is 2.90 bits per heavy atom. The number of hydrogen-bond donors (Lipinski definition) is 2. The predicted octanol–water partition coefficient (Wildman–Crippen LogP) is 2.49. The highest BCUT2D eigenvalue weighted by Crippen LogP contribution is 2.33. The quantitative estimate of drug-likeness (QED) is 0.889. The summed E-state index contributed by atoms with van der Waals surface area (Å²) in [6, 6.07) is 5.49. The van der Waals surface area contributed by atoms with E-state index in [0.717, 1.165) is 24.1 Å². The summed E-state index contributed by atoms with van der Waals surface area (Å²) >= 11 is 1.46. The minimum atomic E-state index is -1.22. The molecule has 5 heteroatoms. The van der Waals surface area contributed by atoms with E-state index < -0.39 is 5.60 Å². The summed E-state index contributed by atoms with van der Waals surface area (Å²) in [6.07, 6.45) is 6.08. The van der Waals surface area contributed by atoms with Gasteiger partial charge in [-0.2, -0.15) is 0 Å². The molecule has 1 aliphatic rings. The van der Waals surface area contributed by atoms with Crippen molar-refractivity contribution in [2.24, 2.45) is 5.92 Å². The molecule has 0 unspecified atom stereocenters. The zero-order valence-electron chi connectivity index (χ0n) is 11.0. The van der Waals surface area contributed by atoms with Gasteiger partial charge in [-0.05, 0) is 30.4 Å². The molecule has 2 aromatic heterocycles. The fourth-order valence-corrected chi connectivity index (χ4v) is 3.22. The molecule has 2 heterocycles. The Hall–Kier alpha value is -1.59. The molecule has 0 saturated heterocycles. The lowest BCUT2D eigenvalue weighted by Gasteiger charge is -2.29. The van der Waals surface area contributed by atoms with Crippen molar-refractivity contribution in [1.82, 2.24) is 5.32 Å². The first-order valence-corrected chi connectivity index (χ1v) is 7.65. The first-order chi connectivity index (χ1) is 9.70. The largest absolute Gasteiger partial charge is 0.472 e. The Kier molecular flexibility index (Phi) is 3.63. The Labute approximate surface area is 121 Å². The minimum absolute atomic E-state index is 0.0368. The van der Waals surface area contributed by atoms with Gasteiger partial charge in [-0.15, -0.1) is 11.3 Å². The summed E-state index contributed by atoms with van der Waals surface area (Å²) in [5.74, 6) is 0.154. The molecule has 106 valence electrons. The van der Waals surface area contributed by atoms with Crippen LogP contribution in [0.5, 0.6) is 0 Å². The number of carbonyl (C=O) groups excluding carboxylic acids is 1. The molecule has 0 bridgehead atoms. The summed E-state index contributed by atoms with van der Waals surface area (Å²) in [6.45, 7) is 0.169. The number of nitrogens with one attached hydrogen (secondary N) is 1. The normalized spacial score (nSPS) is 18.2. The van der Waals surface area contributed by atoms with Gasteiger partial charge in [0.15, 0.2) is 0 Å². The molecule has 1 fully saturated rings. The number of thiophene rings is 1. The molecule has 0 radical (unpaired) electrons. The summed E-state index contributed by atoms with van der Waals surface area (Å²) in [5, 5.41) is 15.8. The van der Waals surface area contributed by atoms with Crippen molar-refractivity contribution in [2.75, 3.05) is 6.54 Å². The second-order valence-corrected chi connectivity index (χ2v) is 6.14. The predicted molar refractivity (Wildman–Crippen MR) is 76.4 cm³/mol. The van der Waals surface area contributed by atoms with Crippen LogP contribution in [0.25, 0.3) is 0 Å². The van der Waals surface area contributed by atoms with E-state index >= 15 is 0 Å². The zero-order valence-corrected chi connectivity index (χ0v) is 11.9. The van der Waals surface area contributed by atoms with Gasteiger partial charge in [0.2, 0.25) is 5.91 Å². The first-order valence-electron chi connectivity index (χ1n) is 6.77. The summed E-state index contributed by atoms with van der Waals surface area (Å²) in [5.41, 5.74) is -0.561. The maximum absolute atomic E-state index is 12.0. The molecule has 2 aromatic rings. The number of amides is 1. The molecule has 0 aliphatic heterocycles. The minimum Gasteiger partial charge on any atom is -0.472 e. The number of carbonyl (C=O) groups is 1. The average molecular weight is 291 g/mol. The molecule has 1 atom stereocenters. The van der Waals surface area contributed by atoms with Gasteiger partial charge in [0.1, 0.15) is 5.60 Å². The smallest absolute Gasteiger partial charge is 0.223 e. The summed E-state index contributed by atoms with van der Waals surface area (Å²) in [7, 11) is 0. The van der Waals surface area contributed by atoms with Crippen LogP contribution in [0, 0.1) is 5.92 Å². The summed E-state index contributed by atoms with van der Waals surface area (Å²) in [4.78, 5) is 12.8. The van der Waals surface area contributed by atoms with Gasteiger partial charge in [-0.3, -0.25) is 4.79 Å². The molecule has 0 spiro atoms. The van der Waals surface area contributed by atoms with Crippen LogP contribution in [-0.2, 0) is 10.4 Å². The molecular weight excluding hydrogens is 274 g/mol. The topological polar surface area (TPSA) is 62.5 Å². The second-order valence-electron chi connectivity index (χ2n) is 5.20. The van der Waals surface area contributed by atoms with Crippen molar-refractivity contribution in [2.45, 2.75) is 24.9 Å². The number of hydrogen-bond acceptors (Lipinski definition) is 4. The van der Waals surface area contributed by atoms with Gasteiger partial charge in [0.25, 0.3) is 0 Å². The molecule has 1 saturated carbocycles. The highest BCUT2D eigenvalue weighted by atomic mass is 32.1. The fraction of sp³-hybridized carbons (Fsp3) is 0.400. The van der Waals surface area contributed by atoms with Crippen LogP contribution in [0.4, 0.5) is 0 Å². The Balaban J connectivity index is 1.78. The van der Waals surface area contributed by atoms with Gasteiger partial charge in [-0.1, -0.05) is 12.5 Å².